The molecule has 0 aliphatic rings. The maximum absolute atomic E-state index is 15.2. The number of nitrogens with zero attached hydrogens (tertiary/aromatic N) is 3. The summed E-state index contributed by atoms with van der Waals surface area (Å²) in [6.07, 6.45) is -5.09. The monoisotopic (exact) mass is 598 g/mol. The Balaban J connectivity index is 1.92. The molecule has 2 aromatic heterocycles. The molecule has 0 saturated carbocycles. The maximum atomic E-state index is 15.2. The molecule has 1 amide bonds. The topological polar surface area (TPSA) is 98.4 Å². The highest BCUT2D eigenvalue weighted by Gasteiger charge is 2.35. The zero-order valence-corrected chi connectivity index (χ0v) is 21.9. The van der Waals surface area contributed by atoms with Gasteiger partial charge in [-0.1, -0.05) is 6.07 Å². The normalized spacial score (nSPS) is 12.1. The number of carbonyl (C=O) groups excluding carboxylic acids is 1. The lowest BCUT2D eigenvalue weighted by atomic mass is 10.1. The minimum atomic E-state index is -5.09. The Morgan fingerprint density at radius 1 is 1.02 bits per heavy atom. The van der Waals surface area contributed by atoms with E-state index in [0.717, 1.165) is 40.7 Å². The number of benzene rings is 2. The van der Waals surface area contributed by atoms with Crippen LogP contribution in [0.25, 0.3) is 17.1 Å². The van der Waals surface area contributed by atoms with Crippen molar-refractivity contribution in [2.24, 2.45) is 7.05 Å². The molecule has 42 heavy (non-hydrogen) atoms. The van der Waals surface area contributed by atoms with E-state index in [-0.39, 0.29) is 35.0 Å². The third-order valence-electron chi connectivity index (χ3n) is 6.03. The van der Waals surface area contributed by atoms with Crippen LogP contribution in [0.15, 0.2) is 59.4 Å². The van der Waals surface area contributed by atoms with Gasteiger partial charge in [-0.2, -0.15) is 26.6 Å². The number of ether oxygens (including phenoxy) is 1. The van der Waals surface area contributed by atoms with Gasteiger partial charge in [0, 0.05) is 12.6 Å². The van der Waals surface area contributed by atoms with E-state index in [2.05, 4.69) is 15.0 Å². The molecule has 0 unspecified atom stereocenters. The summed E-state index contributed by atoms with van der Waals surface area (Å²) in [4.78, 5) is 30.9. The molecule has 0 fully saturated rings. The van der Waals surface area contributed by atoms with E-state index in [1.165, 1.54) is 32.0 Å². The number of hydrogen-bond donors (Lipinski definition) is 2. The van der Waals surface area contributed by atoms with Gasteiger partial charge in [0.2, 0.25) is 0 Å². The lowest BCUT2D eigenvalue weighted by Gasteiger charge is -2.18. The van der Waals surface area contributed by atoms with Gasteiger partial charge in [0.15, 0.2) is 5.82 Å². The minimum absolute atomic E-state index is 0.0424. The molecule has 0 spiro atoms. The quantitative estimate of drug-likeness (QED) is 0.270. The average Bonchev–Trinajstić information content (AvgIpc) is 3.11. The fourth-order valence-electron chi connectivity index (χ4n) is 4.08. The van der Waals surface area contributed by atoms with Crippen molar-refractivity contribution in [2.45, 2.75) is 32.2 Å². The van der Waals surface area contributed by atoms with Gasteiger partial charge in [-0.3, -0.25) is 14.3 Å². The molecule has 8 nitrogen and oxygen atoms in total. The van der Waals surface area contributed by atoms with Gasteiger partial charge in [-0.25, -0.2) is 13.8 Å². The molecular weight excluding hydrogens is 577 g/mol. The van der Waals surface area contributed by atoms with Crippen molar-refractivity contribution < 1.29 is 45.4 Å². The smallest absolute Gasteiger partial charge is 0.416 e. The first-order valence-corrected chi connectivity index (χ1v) is 11.9. The summed E-state index contributed by atoms with van der Waals surface area (Å²) >= 11 is 0. The predicted octanol–water partition coefficient (Wildman–Crippen LogP) is 5.62. The minimum Gasteiger partial charge on any atom is -0.435 e. The molecular formula is C27H21F7N4O4. The van der Waals surface area contributed by atoms with Crippen molar-refractivity contribution in [3.8, 4) is 22.8 Å². The van der Waals surface area contributed by atoms with Gasteiger partial charge >= 0.3 is 12.8 Å². The molecule has 0 aliphatic heterocycles. The molecule has 4 rings (SSSR count). The van der Waals surface area contributed by atoms with Crippen molar-refractivity contribution in [1.82, 2.24) is 14.3 Å². The van der Waals surface area contributed by atoms with Gasteiger partial charge in [0.05, 0.1) is 16.8 Å². The van der Waals surface area contributed by atoms with Crippen molar-refractivity contribution in [1.29, 1.82) is 0 Å². The Morgan fingerprint density at radius 3 is 2.14 bits per heavy atom. The summed E-state index contributed by atoms with van der Waals surface area (Å²) in [7, 11) is 1.15. The van der Waals surface area contributed by atoms with Crippen LogP contribution in [-0.2, 0) is 18.8 Å². The van der Waals surface area contributed by atoms with E-state index in [1.54, 1.807) is 0 Å². The van der Waals surface area contributed by atoms with E-state index < -0.39 is 64.0 Å². The molecule has 0 saturated heterocycles. The first-order chi connectivity index (χ1) is 19.5. The van der Waals surface area contributed by atoms with Crippen LogP contribution in [0.3, 0.4) is 0 Å². The summed E-state index contributed by atoms with van der Waals surface area (Å²) in [6.45, 7) is -0.310. The van der Waals surface area contributed by atoms with Crippen LogP contribution in [0.5, 0.6) is 5.75 Å². The number of carbonyl (C=O) groups is 1. The van der Waals surface area contributed by atoms with E-state index in [0.29, 0.717) is 0 Å². The van der Waals surface area contributed by atoms with Crippen molar-refractivity contribution in [3.05, 3.63) is 93.4 Å². The van der Waals surface area contributed by atoms with Crippen LogP contribution >= 0.6 is 0 Å². The molecule has 0 atom stereocenters. The number of nitrogens with one attached hydrogen (secondary N) is 1. The lowest BCUT2D eigenvalue weighted by molar-refractivity contribution is -0.138. The van der Waals surface area contributed by atoms with Gasteiger partial charge < -0.3 is 15.2 Å². The summed E-state index contributed by atoms with van der Waals surface area (Å²) in [5.41, 5.74) is -6.72. The first kappa shape index (κ1) is 30.3. The Labute approximate surface area is 232 Å². The molecule has 4 aromatic rings. The number of aliphatic hydroxyl groups is 1. The van der Waals surface area contributed by atoms with E-state index in [4.69, 9.17) is 0 Å². The summed E-state index contributed by atoms with van der Waals surface area (Å²) in [5.74, 6) is -4.84. The van der Waals surface area contributed by atoms with Crippen molar-refractivity contribution >= 4 is 11.6 Å². The van der Waals surface area contributed by atoms with Gasteiger partial charge in [-0.05, 0) is 62.4 Å². The van der Waals surface area contributed by atoms with Gasteiger partial charge in [-0.15, -0.1) is 0 Å². The highest BCUT2D eigenvalue weighted by atomic mass is 19.4. The number of halogens is 7. The van der Waals surface area contributed by atoms with Gasteiger partial charge in [0.25, 0.3) is 11.5 Å². The molecule has 2 aromatic carbocycles. The van der Waals surface area contributed by atoms with Crippen LogP contribution in [0.4, 0.5) is 36.4 Å². The molecule has 0 aliphatic carbocycles. The summed E-state index contributed by atoms with van der Waals surface area (Å²) in [6, 6.07) is 8.48. The van der Waals surface area contributed by atoms with Crippen LogP contribution in [0, 0.1) is 11.6 Å². The zero-order valence-electron chi connectivity index (χ0n) is 21.9. The fourth-order valence-corrected chi connectivity index (χ4v) is 4.08. The van der Waals surface area contributed by atoms with Crippen LogP contribution < -0.4 is 15.6 Å². The second-order valence-corrected chi connectivity index (χ2v) is 9.47. The standard InChI is InChI=1S/C27H21F7N4O4/c1-26(2,41)18-5-4-6-19(35-18)38-24(40)21(36-23(39)13-7-9-15(10-8-13)42-25(30)31)22(37(38)3)20-16(28)11-14(12-17(20)29)27(32,33)34/h4-12,25,41H,1-3H3,(H,36,39). The summed E-state index contributed by atoms with van der Waals surface area (Å²) in [5, 5.41) is 12.6. The van der Waals surface area contributed by atoms with Crippen LogP contribution in [0.2, 0.25) is 0 Å². The SMILES string of the molecule is Cn1c(-c2c(F)cc(C(F)(F)F)cc2F)c(NC(=O)c2ccc(OC(F)F)cc2)c(=O)n1-c1cccc(C(C)(C)O)n1. The molecule has 2 N–H and O–H groups in total. The largest absolute Gasteiger partial charge is 0.435 e. The number of amides is 1. The highest BCUT2D eigenvalue weighted by Crippen LogP contribution is 2.37. The van der Waals surface area contributed by atoms with Crippen LogP contribution in [0.1, 0.15) is 35.5 Å². The number of aromatic nitrogens is 3. The fraction of sp³-hybridized carbons (Fsp3) is 0.222. The second-order valence-electron chi connectivity index (χ2n) is 9.47. The number of alkyl halides is 5. The van der Waals surface area contributed by atoms with Crippen LogP contribution in [-0.4, -0.2) is 32.0 Å². The Bertz CT molecular complexity index is 1680. The van der Waals surface area contributed by atoms with Crippen molar-refractivity contribution in [2.75, 3.05) is 5.32 Å². The predicted molar refractivity (Wildman–Crippen MR) is 135 cm³/mol. The average molecular weight is 598 g/mol. The van der Waals surface area contributed by atoms with E-state index >= 15 is 8.78 Å². The molecule has 222 valence electrons. The van der Waals surface area contributed by atoms with E-state index in [1.807, 2.05) is 0 Å². The molecule has 15 heteroatoms. The first-order valence-electron chi connectivity index (χ1n) is 11.9. The van der Waals surface area contributed by atoms with E-state index in [9.17, 15) is 36.6 Å². The third-order valence-corrected chi connectivity index (χ3v) is 6.03. The Kier molecular flexibility index (Phi) is 7.91. The molecule has 2 heterocycles. The molecule has 0 radical (unpaired) electrons. The summed E-state index contributed by atoms with van der Waals surface area (Å²) < 4.78 is 101. The lowest BCUT2D eigenvalue weighted by Crippen LogP contribution is -2.25. The van der Waals surface area contributed by atoms with Crippen molar-refractivity contribution in [3.63, 3.8) is 0 Å². The number of pyridine rings is 1. The van der Waals surface area contributed by atoms with Gasteiger partial charge in [0.1, 0.15) is 34.4 Å². The third kappa shape index (κ3) is 6.00. The second kappa shape index (κ2) is 11.0. The Hall–Kier alpha value is -4.66. The number of anilines is 1. The zero-order chi connectivity index (χ0) is 31.1. The highest BCUT2D eigenvalue weighted by molar-refractivity contribution is 6.06. The number of rotatable bonds is 7. The maximum Gasteiger partial charge on any atom is 0.416 e. The Morgan fingerprint density at radius 2 is 1.62 bits per heavy atom. The number of hydrogen-bond acceptors (Lipinski definition) is 5. The molecule has 0 bridgehead atoms.